The van der Waals surface area contributed by atoms with Crippen molar-refractivity contribution < 1.29 is 18.4 Å². The highest BCUT2D eigenvalue weighted by Crippen LogP contribution is 2.41. The summed E-state index contributed by atoms with van der Waals surface area (Å²) < 4.78 is 14.9. The van der Waals surface area contributed by atoms with Crippen molar-refractivity contribution in [2.75, 3.05) is 0 Å². The molecule has 2 aliphatic rings. The van der Waals surface area contributed by atoms with E-state index >= 15 is 0 Å². The Morgan fingerprint density at radius 1 is 0.460 bits per heavy atom. The molecule has 258 valence electrons. The van der Waals surface area contributed by atoms with Gasteiger partial charge in [0.2, 0.25) is 0 Å². The van der Waals surface area contributed by atoms with Gasteiger partial charge in [-0.15, -0.1) is 0 Å². The van der Waals surface area contributed by atoms with Crippen LogP contribution >= 0.6 is 0 Å². The molecule has 0 amide bonds. The molecule has 0 bridgehead atoms. The summed E-state index contributed by atoms with van der Waals surface area (Å²) in [5, 5.41) is 4.35. The molecule has 0 N–H and O–H groups in total. The van der Waals surface area contributed by atoms with E-state index < -0.39 is 16.6 Å². The minimum atomic E-state index is -2.88. The average Bonchev–Trinajstić information content (AvgIpc) is 3.11. The van der Waals surface area contributed by atoms with Crippen LogP contribution in [0.2, 0.25) is 10.1 Å². The first-order valence-corrected chi connectivity index (χ1v) is 21.8. The maximum absolute atomic E-state index is 13.7. The smallest absolute Gasteiger partial charge is 0.261 e. The quantitative estimate of drug-likeness (QED) is 0.171. The molecule has 0 fully saturated rings. The van der Waals surface area contributed by atoms with Crippen LogP contribution < -0.4 is 20.7 Å². The van der Waals surface area contributed by atoms with Crippen molar-refractivity contribution in [3.05, 3.63) is 145 Å². The lowest BCUT2D eigenvalue weighted by atomic mass is 9.84. The van der Waals surface area contributed by atoms with Gasteiger partial charge in [-0.05, 0) is 55.8 Å². The van der Waals surface area contributed by atoms with E-state index in [1.165, 1.54) is 20.7 Å². The minimum absolute atomic E-state index is 0.00186. The number of rotatable bonds is 9. The van der Waals surface area contributed by atoms with E-state index in [9.17, 15) is 9.59 Å². The number of hydrogen-bond donors (Lipinski definition) is 0. The zero-order valence-corrected chi connectivity index (χ0v) is 32.3. The van der Waals surface area contributed by atoms with E-state index in [0.717, 1.165) is 0 Å². The Morgan fingerprint density at radius 2 is 0.720 bits per heavy atom. The van der Waals surface area contributed by atoms with Gasteiger partial charge in [-0.1, -0.05) is 163 Å². The summed E-state index contributed by atoms with van der Waals surface area (Å²) in [6, 6.07) is 42.3. The average molecular weight is 699 g/mol. The summed E-state index contributed by atoms with van der Waals surface area (Å²) in [6.07, 6.45) is 5.10. The third-order valence-corrected chi connectivity index (χ3v) is 20.5. The third kappa shape index (κ3) is 6.74. The van der Waals surface area contributed by atoms with Crippen molar-refractivity contribution in [3.63, 3.8) is 0 Å². The van der Waals surface area contributed by atoms with Gasteiger partial charge >= 0.3 is 0 Å². The van der Waals surface area contributed by atoms with E-state index in [4.69, 9.17) is 8.85 Å². The van der Waals surface area contributed by atoms with Crippen LogP contribution in [-0.2, 0) is 18.4 Å². The molecule has 0 saturated heterocycles. The number of Topliss-reactive ketones (excluding diaryl/α,β-unsaturated/α-hetero) is 2. The first-order chi connectivity index (χ1) is 23.9. The predicted octanol–water partition coefficient (Wildman–Crippen LogP) is 7.46. The molecular formula is C44H50O4Si2. The van der Waals surface area contributed by atoms with Crippen LogP contribution in [-0.4, -0.2) is 40.4 Å². The number of carbonyl (C=O) groups is 2. The minimum Gasteiger partial charge on any atom is -0.401 e. The highest BCUT2D eigenvalue weighted by Gasteiger charge is 2.53. The molecule has 2 atom stereocenters. The highest BCUT2D eigenvalue weighted by molar-refractivity contribution is 7.00. The molecule has 2 unspecified atom stereocenters. The Labute approximate surface area is 300 Å². The second-order valence-electron chi connectivity index (χ2n) is 15.7. The molecule has 4 nitrogen and oxygen atoms in total. The van der Waals surface area contributed by atoms with Crippen LogP contribution in [0.4, 0.5) is 0 Å². The van der Waals surface area contributed by atoms with E-state index in [2.05, 4.69) is 139 Å². The molecule has 0 aromatic heterocycles. The molecule has 4 aromatic carbocycles. The summed E-state index contributed by atoms with van der Waals surface area (Å²) in [5.74, 6) is -0.00371. The predicted molar refractivity (Wildman–Crippen MR) is 210 cm³/mol. The van der Waals surface area contributed by atoms with Gasteiger partial charge < -0.3 is 8.85 Å². The van der Waals surface area contributed by atoms with Crippen molar-refractivity contribution in [1.29, 1.82) is 0 Å². The van der Waals surface area contributed by atoms with Crippen molar-refractivity contribution in [3.8, 4) is 0 Å². The van der Waals surface area contributed by atoms with Crippen molar-refractivity contribution in [2.24, 2.45) is 0 Å². The standard InChI is InChI=1S/C44H50O4Si2/c1-43(2,3)49(35-19-11-7-12-20-35,36-21-13-8-14-22-36)47-33-27-29-41(45)39(31-33)40-32-34(28-30-42(40)46)48-50(44(4,5)6,37-23-15-9-16-24-37)38-25-17-10-18-26-38/h7-26,31-34H,27-30H2,1-6H3. The van der Waals surface area contributed by atoms with Crippen LogP contribution in [0.25, 0.3) is 0 Å². The second-order valence-corrected chi connectivity index (χ2v) is 24.2. The van der Waals surface area contributed by atoms with E-state index in [0.29, 0.717) is 36.8 Å². The fourth-order valence-electron chi connectivity index (χ4n) is 8.04. The van der Waals surface area contributed by atoms with Crippen LogP contribution in [0, 0.1) is 0 Å². The zero-order valence-electron chi connectivity index (χ0n) is 30.3. The number of carbonyl (C=O) groups excluding carboxylic acids is 2. The largest absolute Gasteiger partial charge is 0.401 e. The Kier molecular flexibility index (Phi) is 10.3. The first-order valence-electron chi connectivity index (χ1n) is 17.9. The van der Waals surface area contributed by atoms with Crippen molar-refractivity contribution in [2.45, 2.75) is 89.5 Å². The lowest BCUT2D eigenvalue weighted by Crippen LogP contribution is -2.67. The fraction of sp³-hybridized carbons (Fsp3) is 0.318. The molecule has 0 aliphatic heterocycles. The molecule has 6 rings (SSSR count). The van der Waals surface area contributed by atoms with Gasteiger partial charge in [-0.25, -0.2) is 0 Å². The molecule has 4 aromatic rings. The van der Waals surface area contributed by atoms with Gasteiger partial charge in [0.25, 0.3) is 16.6 Å². The summed E-state index contributed by atoms with van der Waals surface area (Å²) in [4.78, 5) is 27.5. The van der Waals surface area contributed by atoms with Crippen molar-refractivity contribution >= 4 is 48.9 Å². The Bertz CT molecular complexity index is 1640. The van der Waals surface area contributed by atoms with Crippen molar-refractivity contribution in [1.82, 2.24) is 0 Å². The monoisotopic (exact) mass is 698 g/mol. The molecule has 0 heterocycles. The third-order valence-electron chi connectivity index (χ3n) is 10.4. The van der Waals surface area contributed by atoms with Gasteiger partial charge in [-0.2, -0.15) is 0 Å². The lowest BCUT2D eigenvalue weighted by Gasteiger charge is -2.45. The zero-order chi connectivity index (χ0) is 35.6. The molecule has 0 radical (unpaired) electrons. The number of ketones is 2. The SMILES string of the molecule is CC(C)(C)[Si](OC1C=C(C2=CC(O[Si](c3ccccc3)(c3ccccc3)C(C)(C)C)CCC2=O)C(=O)CC1)(c1ccccc1)c1ccccc1. The van der Waals surface area contributed by atoms with Gasteiger partial charge in [-0.3, -0.25) is 9.59 Å². The van der Waals surface area contributed by atoms with Gasteiger partial charge in [0.1, 0.15) is 0 Å². The van der Waals surface area contributed by atoms with Crippen LogP contribution in [0.3, 0.4) is 0 Å². The molecule has 0 spiro atoms. The maximum Gasteiger partial charge on any atom is 0.261 e. The van der Waals surface area contributed by atoms with Gasteiger partial charge in [0, 0.05) is 24.0 Å². The molecule has 2 aliphatic carbocycles. The van der Waals surface area contributed by atoms with E-state index in [1.807, 2.05) is 36.4 Å². The first kappa shape index (κ1) is 35.9. The summed E-state index contributed by atoms with van der Waals surface area (Å²) in [5.41, 5.74) is 0.972. The second kappa shape index (κ2) is 14.4. The molecular weight excluding hydrogens is 649 g/mol. The lowest BCUT2D eigenvalue weighted by molar-refractivity contribution is -0.119. The number of hydrogen-bond acceptors (Lipinski definition) is 4. The molecule has 0 saturated carbocycles. The number of allylic oxidation sites excluding steroid dienone is 2. The fourth-order valence-corrected chi connectivity index (χ4v) is 17.4. The van der Waals surface area contributed by atoms with E-state index in [-0.39, 0.29) is 33.9 Å². The Hall–Kier alpha value is -3.95. The van der Waals surface area contributed by atoms with Gasteiger partial charge in [0.15, 0.2) is 11.6 Å². The van der Waals surface area contributed by atoms with E-state index in [1.54, 1.807) is 0 Å². The summed E-state index contributed by atoms with van der Waals surface area (Å²) in [6.45, 7) is 13.6. The summed E-state index contributed by atoms with van der Waals surface area (Å²) >= 11 is 0. The van der Waals surface area contributed by atoms with Crippen LogP contribution in [0.15, 0.2) is 145 Å². The Morgan fingerprint density at radius 3 is 0.960 bits per heavy atom. The summed E-state index contributed by atoms with van der Waals surface area (Å²) in [7, 11) is -5.75. The van der Waals surface area contributed by atoms with Crippen LogP contribution in [0.5, 0.6) is 0 Å². The molecule has 6 heteroatoms. The van der Waals surface area contributed by atoms with Gasteiger partial charge in [0.05, 0.1) is 12.2 Å². The Balaban J connectivity index is 1.42. The normalized spacial score (nSPS) is 19.2. The topological polar surface area (TPSA) is 52.6 Å². The highest BCUT2D eigenvalue weighted by atomic mass is 28.4. The number of benzene rings is 4. The molecule has 50 heavy (non-hydrogen) atoms. The maximum atomic E-state index is 13.7. The van der Waals surface area contributed by atoms with Crippen LogP contribution in [0.1, 0.15) is 67.2 Å².